The maximum Gasteiger partial charge on any atom is 0.181 e. The van der Waals surface area contributed by atoms with Gasteiger partial charge >= 0.3 is 0 Å². The average molecular weight is 645 g/mol. The fourth-order valence-corrected chi connectivity index (χ4v) is 8.90. The monoisotopic (exact) mass is 645 g/mol. The highest BCUT2D eigenvalue weighted by Crippen LogP contribution is 2.29. The van der Waals surface area contributed by atoms with Gasteiger partial charge in [-0.3, -0.25) is 0 Å². The minimum absolute atomic E-state index is 0.216. The van der Waals surface area contributed by atoms with E-state index >= 15 is 0 Å². The summed E-state index contributed by atoms with van der Waals surface area (Å²) in [6, 6.07) is 9.24. The lowest BCUT2D eigenvalue weighted by Gasteiger charge is -2.24. The smallest absolute Gasteiger partial charge is 0.181 e. The van der Waals surface area contributed by atoms with Crippen LogP contribution in [0.4, 0.5) is 0 Å². The SMILES string of the molecule is CCCCCCC/C=C/CCCCCCCCCCC([C@H](C)CCCCCCCCCCCCCC)S(=O)(=O)c1ccccc1. The van der Waals surface area contributed by atoms with Crippen molar-refractivity contribution in [3.05, 3.63) is 42.5 Å². The molecule has 0 N–H and O–H groups in total. The normalized spacial score (nSPS) is 13.5. The molecule has 3 heteroatoms. The number of unbranched alkanes of at least 4 members (excludes halogenated alkanes) is 24. The first-order valence-corrected chi connectivity index (χ1v) is 21.5. The topological polar surface area (TPSA) is 34.1 Å². The van der Waals surface area contributed by atoms with Gasteiger partial charge in [0.1, 0.15) is 0 Å². The predicted octanol–water partition coefficient (Wildman–Crippen LogP) is 14.4. The minimum atomic E-state index is -3.29. The fourth-order valence-electron chi connectivity index (χ4n) is 6.79. The molecule has 0 saturated heterocycles. The number of sulfone groups is 1. The molecule has 0 aliphatic carbocycles. The van der Waals surface area contributed by atoms with E-state index < -0.39 is 9.84 Å². The largest absolute Gasteiger partial charge is 0.223 e. The van der Waals surface area contributed by atoms with Crippen LogP contribution < -0.4 is 0 Å². The quantitative estimate of drug-likeness (QED) is 0.0563. The number of hydrogen-bond donors (Lipinski definition) is 0. The van der Waals surface area contributed by atoms with Gasteiger partial charge in [0, 0.05) is 0 Å². The van der Waals surface area contributed by atoms with Gasteiger partial charge in [-0.05, 0) is 56.6 Å². The number of rotatable bonds is 33. The third-order valence-electron chi connectivity index (χ3n) is 9.87. The Balaban J connectivity index is 2.24. The Morgan fingerprint density at radius 1 is 0.489 bits per heavy atom. The molecule has 2 atom stereocenters. The van der Waals surface area contributed by atoms with E-state index in [1.165, 1.54) is 154 Å². The molecular formula is C42H76O2S. The molecule has 0 heterocycles. The average Bonchev–Trinajstić information content (AvgIpc) is 3.05. The van der Waals surface area contributed by atoms with Gasteiger partial charge in [-0.2, -0.15) is 0 Å². The summed E-state index contributed by atoms with van der Waals surface area (Å²) in [4.78, 5) is 0.512. The van der Waals surface area contributed by atoms with Crippen molar-refractivity contribution in [3.8, 4) is 0 Å². The van der Waals surface area contributed by atoms with Crippen LogP contribution in [0.5, 0.6) is 0 Å². The van der Waals surface area contributed by atoms with Gasteiger partial charge in [0.25, 0.3) is 0 Å². The standard InChI is InChI=1S/C42H76O2S/c1-4-6-8-10-12-14-16-18-19-20-21-22-24-26-28-30-35-39-42(45(43,44)41-37-33-31-34-38-41)40(3)36-32-29-27-25-23-17-15-13-11-9-7-5-2/h16,18,31,33-34,37-38,40,42H,4-15,17,19-30,32,35-36,39H2,1-3H3/b18-16+/t40-,42?/m1/s1. The highest BCUT2D eigenvalue weighted by molar-refractivity contribution is 7.92. The molecule has 0 amide bonds. The van der Waals surface area contributed by atoms with E-state index in [-0.39, 0.29) is 11.2 Å². The van der Waals surface area contributed by atoms with Crippen LogP contribution in [0.3, 0.4) is 0 Å². The molecule has 0 aliphatic rings. The lowest BCUT2D eigenvalue weighted by Crippen LogP contribution is -2.28. The summed E-state index contributed by atoms with van der Waals surface area (Å²) in [6.45, 7) is 6.76. The van der Waals surface area contributed by atoms with Crippen molar-refractivity contribution >= 4 is 9.84 Å². The number of benzene rings is 1. The van der Waals surface area contributed by atoms with E-state index in [4.69, 9.17) is 0 Å². The van der Waals surface area contributed by atoms with Crippen molar-refractivity contribution in [2.75, 3.05) is 0 Å². The van der Waals surface area contributed by atoms with Gasteiger partial charge in [-0.15, -0.1) is 0 Å². The summed E-state index contributed by atoms with van der Waals surface area (Å²) in [6.07, 6.45) is 42.2. The van der Waals surface area contributed by atoms with Crippen LogP contribution in [0.25, 0.3) is 0 Å². The van der Waals surface area contributed by atoms with Crippen LogP contribution in [-0.4, -0.2) is 13.7 Å². The molecule has 0 fully saturated rings. The van der Waals surface area contributed by atoms with Crippen LogP contribution in [0, 0.1) is 5.92 Å². The van der Waals surface area contributed by atoms with Gasteiger partial charge < -0.3 is 0 Å². The predicted molar refractivity (Wildman–Crippen MR) is 201 cm³/mol. The molecule has 262 valence electrons. The first kappa shape index (κ1) is 41.9. The van der Waals surface area contributed by atoms with Crippen LogP contribution in [0.2, 0.25) is 0 Å². The molecular weight excluding hydrogens is 569 g/mol. The molecule has 0 aliphatic heterocycles. The molecule has 0 saturated carbocycles. The summed E-state index contributed by atoms with van der Waals surface area (Å²) < 4.78 is 27.4. The summed E-state index contributed by atoms with van der Waals surface area (Å²) >= 11 is 0. The molecule has 45 heavy (non-hydrogen) atoms. The first-order valence-electron chi connectivity index (χ1n) is 20.0. The highest BCUT2D eigenvalue weighted by Gasteiger charge is 2.31. The molecule has 1 rings (SSSR count). The second-order valence-corrected chi connectivity index (χ2v) is 16.3. The molecule has 0 bridgehead atoms. The minimum Gasteiger partial charge on any atom is -0.223 e. The van der Waals surface area contributed by atoms with Crippen molar-refractivity contribution in [2.45, 2.75) is 217 Å². The Morgan fingerprint density at radius 3 is 1.27 bits per heavy atom. The molecule has 0 radical (unpaired) electrons. The molecule has 1 aromatic rings. The van der Waals surface area contributed by atoms with E-state index in [2.05, 4.69) is 32.9 Å². The first-order chi connectivity index (χ1) is 22.0. The fraction of sp³-hybridized carbons (Fsp3) is 0.810. The molecule has 1 aromatic carbocycles. The highest BCUT2D eigenvalue weighted by atomic mass is 32.2. The lowest BCUT2D eigenvalue weighted by molar-refractivity contribution is 0.422. The molecule has 1 unspecified atom stereocenters. The zero-order valence-corrected chi connectivity index (χ0v) is 31.2. The van der Waals surface area contributed by atoms with Crippen molar-refractivity contribution in [1.29, 1.82) is 0 Å². The van der Waals surface area contributed by atoms with E-state index in [1.54, 1.807) is 12.1 Å². The van der Waals surface area contributed by atoms with Crippen molar-refractivity contribution < 1.29 is 8.42 Å². The Hall–Kier alpha value is -1.09. The summed E-state index contributed by atoms with van der Waals surface area (Å²) in [5.74, 6) is 0.216. The summed E-state index contributed by atoms with van der Waals surface area (Å²) in [5.41, 5.74) is 0. The van der Waals surface area contributed by atoms with Crippen LogP contribution in [0.15, 0.2) is 47.4 Å². The van der Waals surface area contributed by atoms with E-state index in [9.17, 15) is 8.42 Å². The van der Waals surface area contributed by atoms with Gasteiger partial charge in [-0.25, -0.2) is 8.42 Å². The van der Waals surface area contributed by atoms with Crippen LogP contribution >= 0.6 is 0 Å². The van der Waals surface area contributed by atoms with E-state index in [1.807, 2.05) is 18.2 Å². The van der Waals surface area contributed by atoms with Crippen molar-refractivity contribution in [3.63, 3.8) is 0 Å². The maximum absolute atomic E-state index is 13.7. The van der Waals surface area contributed by atoms with Crippen molar-refractivity contribution in [1.82, 2.24) is 0 Å². The molecule has 2 nitrogen and oxygen atoms in total. The van der Waals surface area contributed by atoms with Gasteiger partial charge in [-0.1, -0.05) is 199 Å². The Bertz CT molecular complexity index is 875. The van der Waals surface area contributed by atoms with Crippen LogP contribution in [-0.2, 0) is 9.84 Å². The summed E-state index contributed by atoms with van der Waals surface area (Å²) in [5, 5.41) is -0.253. The molecule has 0 aromatic heterocycles. The summed E-state index contributed by atoms with van der Waals surface area (Å²) in [7, 11) is -3.29. The molecule has 0 spiro atoms. The van der Waals surface area contributed by atoms with Crippen molar-refractivity contribution in [2.24, 2.45) is 5.92 Å². The Kier molecular flexibility index (Phi) is 28.2. The van der Waals surface area contributed by atoms with E-state index in [0.717, 1.165) is 32.1 Å². The zero-order chi connectivity index (χ0) is 32.7. The number of hydrogen-bond acceptors (Lipinski definition) is 2. The van der Waals surface area contributed by atoms with Gasteiger partial charge in [0.05, 0.1) is 10.1 Å². The third-order valence-corrected chi connectivity index (χ3v) is 12.3. The third kappa shape index (κ3) is 23.0. The maximum atomic E-state index is 13.7. The van der Waals surface area contributed by atoms with Crippen LogP contribution in [0.1, 0.15) is 207 Å². The van der Waals surface area contributed by atoms with E-state index in [0.29, 0.717) is 4.90 Å². The Labute approximate surface area is 283 Å². The number of allylic oxidation sites excluding steroid dienone is 2. The second-order valence-electron chi connectivity index (χ2n) is 14.1. The van der Waals surface area contributed by atoms with Gasteiger partial charge in [0.15, 0.2) is 9.84 Å². The Morgan fingerprint density at radius 2 is 0.844 bits per heavy atom. The van der Waals surface area contributed by atoms with Gasteiger partial charge in [0.2, 0.25) is 0 Å². The zero-order valence-electron chi connectivity index (χ0n) is 30.4. The lowest BCUT2D eigenvalue weighted by atomic mass is 9.95. The second kappa shape index (κ2) is 30.3.